The number of hydrogen-bond donors (Lipinski definition) is 0. The Labute approximate surface area is 92.5 Å². The molecule has 1 aromatic heterocycles. The molecule has 0 aliphatic rings. The smallest absolute Gasteiger partial charge is 0.0480 e. The van der Waals surface area contributed by atoms with E-state index in [1.807, 2.05) is 6.07 Å². The highest BCUT2D eigenvalue weighted by molar-refractivity contribution is 9.10. The fourth-order valence-corrected chi connectivity index (χ4v) is 1.95. The van der Waals surface area contributed by atoms with Crippen molar-refractivity contribution in [3.8, 4) is 11.3 Å². The van der Waals surface area contributed by atoms with E-state index in [-0.39, 0.29) is 0 Å². The van der Waals surface area contributed by atoms with Crippen LogP contribution in [0.1, 0.15) is 5.69 Å². The van der Waals surface area contributed by atoms with E-state index >= 15 is 0 Å². The van der Waals surface area contributed by atoms with Crippen molar-refractivity contribution in [2.24, 2.45) is 7.05 Å². The molecule has 14 heavy (non-hydrogen) atoms. The molecule has 0 aliphatic heterocycles. The van der Waals surface area contributed by atoms with Gasteiger partial charge in [-0.05, 0) is 36.8 Å². The highest BCUT2D eigenvalue weighted by Crippen LogP contribution is 2.24. The fraction of sp³-hybridized carbons (Fsp3) is 0.167. The minimum absolute atomic E-state index is 1.12. The zero-order valence-electron chi connectivity index (χ0n) is 8.29. The van der Waals surface area contributed by atoms with Crippen LogP contribution in [0.4, 0.5) is 0 Å². The molecule has 0 N–H and O–H groups in total. The lowest BCUT2D eigenvalue weighted by molar-refractivity contribution is 0.891. The van der Waals surface area contributed by atoms with Crippen LogP contribution in [0, 0.1) is 6.92 Å². The first kappa shape index (κ1) is 9.53. The highest BCUT2D eigenvalue weighted by atomic mass is 79.9. The Balaban J connectivity index is 2.55. The third-order valence-corrected chi connectivity index (χ3v) is 2.99. The van der Waals surface area contributed by atoms with E-state index in [0.717, 1.165) is 4.47 Å². The van der Waals surface area contributed by atoms with Gasteiger partial charge in [0.2, 0.25) is 0 Å². The fourth-order valence-electron chi connectivity index (χ4n) is 1.55. The molecule has 2 heteroatoms. The Morgan fingerprint density at radius 3 is 2.50 bits per heavy atom. The molecule has 1 aromatic carbocycles. The third-order valence-electron chi connectivity index (χ3n) is 2.49. The number of aromatic nitrogens is 1. The van der Waals surface area contributed by atoms with Crippen molar-refractivity contribution in [3.63, 3.8) is 0 Å². The summed E-state index contributed by atoms with van der Waals surface area (Å²) in [5, 5.41) is 0. The Kier molecular flexibility index (Phi) is 2.46. The van der Waals surface area contributed by atoms with Gasteiger partial charge in [0, 0.05) is 22.9 Å². The van der Waals surface area contributed by atoms with Crippen molar-refractivity contribution in [2.45, 2.75) is 6.92 Å². The van der Waals surface area contributed by atoms with Crippen LogP contribution in [0.25, 0.3) is 11.3 Å². The van der Waals surface area contributed by atoms with Gasteiger partial charge in [0.25, 0.3) is 0 Å². The van der Waals surface area contributed by atoms with Crippen molar-refractivity contribution in [1.82, 2.24) is 4.57 Å². The molecule has 0 fully saturated rings. The number of aryl methyl sites for hydroxylation is 1. The summed E-state index contributed by atoms with van der Waals surface area (Å²) < 4.78 is 3.32. The Hall–Kier alpha value is -1.02. The van der Waals surface area contributed by atoms with Crippen LogP contribution < -0.4 is 0 Å². The zero-order valence-corrected chi connectivity index (χ0v) is 9.88. The first-order valence-electron chi connectivity index (χ1n) is 4.57. The van der Waals surface area contributed by atoms with Crippen LogP contribution in [0.2, 0.25) is 0 Å². The van der Waals surface area contributed by atoms with E-state index in [1.54, 1.807) is 0 Å². The zero-order chi connectivity index (χ0) is 10.1. The molecule has 2 rings (SSSR count). The van der Waals surface area contributed by atoms with Gasteiger partial charge in [-0.1, -0.05) is 28.1 Å². The van der Waals surface area contributed by atoms with Crippen LogP contribution in [-0.2, 0) is 7.05 Å². The topological polar surface area (TPSA) is 4.93 Å². The van der Waals surface area contributed by atoms with E-state index in [2.05, 4.69) is 64.8 Å². The lowest BCUT2D eigenvalue weighted by atomic mass is 10.1. The van der Waals surface area contributed by atoms with Gasteiger partial charge in [-0.15, -0.1) is 0 Å². The number of benzene rings is 1. The summed E-state index contributed by atoms with van der Waals surface area (Å²) in [4.78, 5) is 0. The normalized spacial score (nSPS) is 10.5. The average Bonchev–Trinajstić information content (AvgIpc) is 2.48. The molecule has 0 saturated carbocycles. The largest absolute Gasteiger partial charge is 0.348 e. The van der Waals surface area contributed by atoms with Crippen molar-refractivity contribution >= 4 is 15.9 Å². The van der Waals surface area contributed by atoms with Gasteiger partial charge >= 0.3 is 0 Å². The maximum atomic E-state index is 3.48. The molecule has 0 saturated heterocycles. The molecule has 0 aliphatic carbocycles. The van der Waals surface area contributed by atoms with Gasteiger partial charge in [-0.3, -0.25) is 0 Å². The number of hydrogen-bond acceptors (Lipinski definition) is 0. The lowest BCUT2D eigenvalue weighted by Gasteiger charge is -2.05. The standard InChI is InChI=1S/C12H12BrN/c1-9-6-7-12(14(9)2)10-4-3-5-11(13)8-10/h3-8H,1-2H3. The Morgan fingerprint density at radius 1 is 1.14 bits per heavy atom. The molecule has 72 valence electrons. The molecule has 0 bridgehead atoms. The van der Waals surface area contributed by atoms with E-state index in [4.69, 9.17) is 0 Å². The predicted octanol–water partition coefficient (Wildman–Crippen LogP) is 3.76. The Morgan fingerprint density at radius 2 is 1.93 bits per heavy atom. The number of halogens is 1. The molecule has 0 unspecified atom stereocenters. The number of rotatable bonds is 1. The minimum atomic E-state index is 1.12. The summed E-state index contributed by atoms with van der Waals surface area (Å²) in [5.41, 5.74) is 3.78. The second-order valence-electron chi connectivity index (χ2n) is 3.43. The molecule has 2 aromatic rings. The van der Waals surface area contributed by atoms with Crippen molar-refractivity contribution < 1.29 is 0 Å². The van der Waals surface area contributed by atoms with Crippen molar-refractivity contribution in [3.05, 3.63) is 46.6 Å². The summed E-state index contributed by atoms with van der Waals surface area (Å²) in [6, 6.07) is 12.6. The molecule has 0 spiro atoms. The van der Waals surface area contributed by atoms with E-state index in [1.165, 1.54) is 17.0 Å². The van der Waals surface area contributed by atoms with E-state index in [9.17, 15) is 0 Å². The van der Waals surface area contributed by atoms with E-state index in [0.29, 0.717) is 0 Å². The first-order valence-corrected chi connectivity index (χ1v) is 5.36. The molecular formula is C12H12BrN. The third kappa shape index (κ3) is 1.62. The SMILES string of the molecule is Cc1ccc(-c2cccc(Br)c2)n1C. The molecule has 0 radical (unpaired) electrons. The predicted molar refractivity (Wildman–Crippen MR) is 63.3 cm³/mol. The second-order valence-corrected chi connectivity index (χ2v) is 4.34. The Bertz CT molecular complexity index is 457. The second kappa shape index (κ2) is 3.62. The highest BCUT2D eigenvalue weighted by Gasteiger charge is 2.03. The molecule has 1 heterocycles. The monoisotopic (exact) mass is 249 g/mol. The van der Waals surface area contributed by atoms with Gasteiger partial charge in [0.05, 0.1) is 0 Å². The summed E-state index contributed by atoms with van der Waals surface area (Å²) in [5.74, 6) is 0. The molecule has 1 nitrogen and oxygen atoms in total. The van der Waals surface area contributed by atoms with Crippen LogP contribution in [-0.4, -0.2) is 4.57 Å². The van der Waals surface area contributed by atoms with Gasteiger partial charge < -0.3 is 4.57 Å². The molecule has 0 atom stereocenters. The first-order chi connectivity index (χ1) is 6.68. The van der Waals surface area contributed by atoms with Crippen LogP contribution in [0.15, 0.2) is 40.9 Å². The minimum Gasteiger partial charge on any atom is -0.348 e. The summed E-state index contributed by atoms with van der Waals surface area (Å²) in [6.07, 6.45) is 0. The van der Waals surface area contributed by atoms with Crippen LogP contribution >= 0.6 is 15.9 Å². The number of nitrogens with zero attached hydrogens (tertiary/aromatic N) is 1. The van der Waals surface area contributed by atoms with E-state index < -0.39 is 0 Å². The van der Waals surface area contributed by atoms with Crippen molar-refractivity contribution in [2.75, 3.05) is 0 Å². The summed E-state index contributed by atoms with van der Waals surface area (Å²) >= 11 is 3.48. The lowest BCUT2D eigenvalue weighted by Crippen LogP contribution is -1.93. The summed E-state index contributed by atoms with van der Waals surface area (Å²) in [6.45, 7) is 2.11. The maximum absolute atomic E-state index is 3.48. The molecule has 0 amide bonds. The molecular weight excluding hydrogens is 238 g/mol. The van der Waals surface area contributed by atoms with Crippen LogP contribution in [0.3, 0.4) is 0 Å². The van der Waals surface area contributed by atoms with Gasteiger partial charge in [0.15, 0.2) is 0 Å². The maximum Gasteiger partial charge on any atom is 0.0480 e. The summed E-state index contributed by atoms with van der Waals surface area (Å²) in [7, 11) is 2.09. The van der Waals surface area contributed by atoms with Gasteiger partial charge in [-0.2, -0.15) is 0 Å². The quantitative estimate of drug-likeness (QED) is 0.726. The van der Waals surface area contributed by atoms with Gasteiger partial charge in [0.1, 0.15) is 0 Å². The van der Waals surface area contributed by atoms with Crippen molar-refractivity contribution in [1.29, 1.82) is 0 Å². The van der Waals surface area contributed by atoms with Gasteiger partial charge in [-0.25, -0.2) is 0 Å². The average molecular weight is 250 g/mol. The van der Waals surface area contributed by atoms with Crippen LogP contribution in [0.5, 0.6) is 0 Å².